The Morgan fingerprint density at radius 1 is 0.923 bits per heavy atom. The van der Waals surface area contributed by atoms with Crippen molar-refractivity contribution in [2.24, 2.45) is 0 Å². The number of rotatable bonds is 6. The van der Waals surface area contributed by atoms with E-state index in [1.54, 1.807) is 29.6 Å². The quantitative estimate of drug-likeness (QED) is 0.375. The maximum atomic E-state index is 13.7. The fourth-order valence-corrected chi connectivity index (χ4v) is 7.76. The Kier molecular flexibility index (Phi) is 7.88. The van der Waals surface area contributed by atoms with Crippen LogP contribution in [0.2, 0.25) is 0 Å². The number of benzene rings is 3. The van der Waals surface area contributed by atoms with Crippen molar-refractivity contribution < 1.29 is 26.3 Å². The van der Waals surface area contributed by atoms with Gasteiger partial charge in [-0.2, -0.15) is 17.5 Å². The number of methoxy groups -OCH3 is 1. The molecular weight excluding hydrogens is 525 g/mol. The van der Waals surface area contributed by atoms with E-state index in [0.29, 0.717) is 35.7 Å². The predicted molar refractivity (Wildman–Crippen MR) is 145 cm³/mol. The third-order valence-electron chi connectivity index (χ3n) is 8.01. The molecule has 2 saturated heterocycles. The molecule has 0 aliphatic carbocycles. The van der Waals surface area contributed by atoms with Crippen molar-refractivity contribution in [3.8, 4) is 11.1 Å². The van der Waals surface area contributed by atoms with Crippen molar-refractivity contribution in [1.82, 2.24) is 9.21 Å². The molecule has 0 N–H and O–H groups in total. The fourth-order valence-electron chi connectivity index (χ4n) is 6.04. The van der Waals surface area contributed by atoms with Gasteiger partial charge in [0.25, 0.3) is 0 Å². The van der Waals surface area contributed by atoms with Crippen LogP contribution in [0.25, 0.3) is 11.1 Å². The molecule has 2 aliphatic rings. The number of hydrogen-bond acceptors (Lipinski definition) is 4. The van der Waals surface area contributed by atoms with Gasteiger partial charge in [0.2, 0.25) is 10.0 Å². The van der Waals surface area contributed by atoms with Crippen LogP contribution < -0.4 is 0 Å². The van der Waals surface area contributed by atoms with E-state index in [9.17, 15) is 21.6 Å². The minimum Gasteiger partial charge on any atom is -0.383 e. The number of hydrogen-bond donors (Lipinski definition) is 0. The molecule has 2 heterocycles. The molecule has 5 nitrogen and oxygen atoms in total. The first-order chi connectivity index (χ1) is 18.6. The van der Waals surface area contributed by atoms with Gasteiger partial charge in [-0.25, -0.2) is 8.42 Å². The minimum absolute atomic E-state index is 0.0244. The number of ether oxygens (including phenoxy) is 1. The molecule has 0 unspecified atom stereocenters. The minimum atomic E-state index is -4.40. The van der Waals surface area contributed by atoms with Gasteiger partial charge in [-0.3, -0.25) is 4.90 Å². The maximum Gasteiger partial charge on any atom is 0.416 e. The summed E-state index contributed by atoms with van der Waals surface area (Å²) < 4.78 is 74.3. The van der Waals surface area contributed by atoms with E-state index in [2.05, 4.69) is 4.90 Å². The number of alkyl halides is 3. The van der Waals surface area contributed by atoms with Gasteiger partial charge < -0.3 is 4.74 Å². The van der Waals surface area contributed by atoms with Crippen LogP contribution in [0.15, 0.2) is 77.7 Å². The zero-order valence-corrected chi connectivity index (χ0v) is 22.9. The predicted octanol–water partition coefficient (Wildman–Crippen LogP) is 5.95. The fraction of sp³-hybridized carbons (Fsp3) is 0.400. The molecule has 0 saturated carbocycles. The maximum absolute atomic E-state index is 13.7. The lowest BCUT2D eigenvalue weighted by Gasteiger charge is -2.57. The molecule has 0 spiro atoms. The number of halogens is 3. The second kappa shape index (κ2) is 11.0. The summed E-state index contributed by atoms with van der Waals surface area (Å²) in [5.41, 5.74) is 2.28. The largest absolute Gasteiger partial charge is 0.416 e. The van der Waals surface area contributed by atoms with Gasteiger partial charge in [-0.1, -0.05) is 54.6 Å². The highest BCUT2D eigenvalue weighted by molar-refractivity contribution is 7.89. The lowest BCUT2D eigenvalue weighted by Crippen LogP contribution is -2.68. The van der Waals surface area contributed by atoms with E-state index < -0.39 is 21.8 Å². The Morgan fingerprint density at radius 3 is 2.33 bits per heavy atom. The Hall–Kier alpha value is -2.72. The number of aryl methyl sites for hydroxylation is 1. The molecule has 3 aromatic carbocycles. The van der Waals surface area contributed by atoms with Gasteiger partial charge in [-0.15, -0.1) is 0 Å². The lowest BCUT2D eigenvalue weighted by molar-refractivity contribution is -0.137. The Bertz CT molecular complexity index is 1410. The van der Waals surface area contributed by atoms with Gasteiger partial charge in [0.05, 0.1) is 17.1 Å². The molecule has 2 aliphatic heterocycles. The topological polar surface area (TPSA) is 49.9 Å². The third-order valence-corrected chi connectivity index (χ3v) is 10.0. The zero-order chi connectivity index (χ0) is 27.8. The second-order valence-corrected chi connectivity index (χ2v) is 12.3. The summed E-state index contributed by atoms with van der Waals surface area (Å²) >= 11 is 0. The van der Waals surface area contributed by atoms with Gasteiger partial charge in [-0.05, 0) is 66.8 Å². The van der Waals surface area contributed by atoms with E-state index in [-0.39, 0.29) is 18.0 Å². The van der Waals surface area contributed by atoms with E-state index in [4.69, 9.17) is 4.74 Å². The first kappa shape index (κ1) is 27.8. The number of fused-ring (bicyclic) bond motifs is 1. The van der Waals surface area contributed by atoms with Crippen molar-refractivity contribution >= 4 is 10.0 Å². The Balaban J connectivity index is 1.44. The first-order valence-corrected chi connectivity index (χ1v) is 14.6. The monoisotopic (exact) mass is 558 g/mol. The van der Waals surface area contributed by atoms with E-state index in [1.807, 2.05) is 43.3 Å². The first-order valence-electron chi connectivity index (χ1n) is 13.2. The Morgan fingerprint density at radius 2 is 1.64 bits per heavy atom. The average molecular weight is 559 g/mol. The van der Waals surface area contributed by atoms with Crippen LogP contribution in [-0.4, -0.2) is 63.1 Å². The zero-order valence-electron chi connectivity index (χ0n) is 22.1. The van der Waals surface area contributed by atoms with Crippen molar-refractivity contribution in [3.05, 3.63) is 89.5 Å². The number of sulfonamides is 1. The van der Waals surface area contributed by atoms with Crippen LogP contribution in [0.1, 0.15) is 35.4 Å². The van der Waals surface area contributed by atoms with E-state index in [1.165, 1.54) is 6.07 Å². The molecule has 3 aromatic rings. The molecule has 9 heteroatoms. The summed E-state index contributed by atoms with van der Waals surface area (Å²) in [6.07, 6.45) is -2.73. The summed E-state index contributed by atoms with van der Waals surface area (Å²) in [5, 5.41) is 0. The van der Waals surface area contributed by atoms with Gasteiger partial charge in [0.15, 0.2) is 0 Å². The van der Waals surface area contributed by atoms with Crippen LogP contribution in [0.5, 0.6) is 0 Å². The molecule has 39 heavy (non-hydrogen) atoms. The molecule has 0 aromatic heterocycles. The van der Waals surface area contributed by atoms with Crippen molar-refractivity contribution in [1.29, 1.82) is 0 Å². The van der Waals surface area contributed by atoms with Crippen LogP contribution in [0.3, 0.4) is 0 Å². The van der Waals surface area contributed by atoms with E-state index in [0.717, 1.165) is 42.6 Å². The van der Waals surface area contributed by atoms with Gasteiger partial charge in [0.1, 0.15) is 0 Å². The van der Waals surface area contributed by atoms with Crippen LogP contribution >= 0.6 is 0 Å². The lowest BCUT2D eigenvalue weighted by atomic mass is 9.74. The third kappa shape index (κ3) is 5.50. The summed E-state index contributed by atoms with van der Waals surface area (Å²) in [4.78, 5) is 2.70. The van der Waals surface area contributed by atoms with E-state index >= 15 is 0 Å². The van der Waals surface area contributed by atoms with Crippen LogP contribution in [-0.2, 0) is 20.9 Å². The van der Waals surface area contributed by atoms with Gasteiger partial charge >= 0.3 is 6.18 Å². The SMILES string of the molecule is COC[C@@H]1[C@@H](c2ccc(-c3cccc(C(F)(F)F)c3)cc2)[C@@H]2CN(S(=O)(=O)c3ccccc3C)CCCCN12. The smallest absolute Gasteiger partial charge is 0.383 e. The second-order valence-electron chi connectivity index (χ2n) is 10.4. The highest BCUT2D eigenvalue weighted by Crippen LogP contribution is 2.43. The van der Waals surface area contributed by atoms with Crippen molar-refractivity contribution in [2.75, 3.05) is 33.4 Å². The highest BCUT2D eigenvalue weighted by Gasteiger charge is 2.50. The van der Waals surface area contributed by atoms with Crippen LogP contribution in [0.4, 0.5) is 13.2 Å². The summed E-state index contributed by atoms with van der Waals surface area (Å²) in [5.74, 6) is 0.0354. The normalized spacial score (nSPS) is 22.9. The standard InChI is InChI=1S/C30H33F3N2O3S/c1-21-8-3-4-11-28(21)39(36,37)34-16-5-6-17-35-26(19-34)29(27(35)20-38-2)23-14-12-22(13-15-23)24-9-7-10-25(18-24)30(31,32)33/h3-4,7-15,18,26-27,29H,5-6,16-17,19-20H2,1-2H3/t26-,27+,29-/m0/s1. The number of nitrogens with zero attached hydrogens (tertiary/aromatic N) is 2. The average Bonchev–Trinajstić information content (AvgIpc) is 2.89. The molecule has 0 bridgehead atoms. The summed E-state index contributed by atoms with van der Waals surface area (Å²) in [7, 11) is -2.00. The molecular formula is C30H33F3N2O3S. The molecule has 0 radical (unpaired) electrons. The van der Waals surface area contributed by atoms with Gasteiger partial charge in [0, 0.05) is 38.2 Å². The molecule has 3 atom stereocenters. The summed E-state index contributed by atoms with van der Waals surface area (Å²) in [6.45, 7) is 4.04. The van der Waals surface area contributed by atoms with Crippen LogP contribution in [0, 0.1) is 6.92 Å². The summed E-state index contributed by atoms with van der Waals surface area (Å²) in [6, 6.07) is 20.1. The molecule has 2 fully saturated rings. The molecule has 0 amide bonds. The van der Waals surface area contributed by atoms with Crippen molar-refractivity contribution in [3.63, 3.8) is 0 Å². The molecule has 208 valence electrons. The highest BCUT2D eigenvalue weighted by atomic mass is 32.2. The molecule has 5 rings (SSSR count). The Labute approximate surface area is 228 Å². The van der Waals surface area contributed by atoms with Crippen molar-refractivity contribution in [2.45, 2.75) is 48.8 Å².